The van der Waals surface area contributed by atoms with Gasteiger partial charge in [0.05, 0.1) is 5.69 Å². The fourth-order valence-corrected chi connectivity index (χ4v) is 1.26. The van der Waals surface area contributed by atoms with Crippen LogP contribution >= 0.6 is 0 Å². The third-order valence-corrected chi connectivity index (χ3v) is 1.85. The van der Waals surface area contributed by atoms with Crippen molar-refractivity contribution in [2.75, 3.05) is 0 Å². The van der Waals surface area contributed by atoms with Crippen molar-refractivity contribution < 1.29 is 8.78 Å². The average molecular weight is 182 g/mol. The van der Waals surface area contributed by atoms with Crippen LogP contribution in [0.3, 0.4) is 0 Å². The van der Waals surface area contributed by atoms with Crippen LogP contribution in [0.2, 0.25) is 0 Å². The van der Waals surface area contributed by atoms with Crippen LogP contribution in [0.1, 0.15) is 17.7 Å². The van der Waals surface area contributed by atoms with Crippen LogP contribution in [0.4, 0.5) is 8.78 Å². The summed E-state index contributed by atoms with van der Waals surface area (Å²) >= 11 is 0. The molecule has 0 saturated carbocycles. The van der Waals surface area contributed by atoms with E-state index in [1.165, 1.54) is 12.3 Å². The summed E-state index contributed by atoms with van der Waals surface area (Å²) in [5.74, 6) is 0. The first-order valence-electron chi connectivity index (χ1n) is 3.90. The molecule has 0 fully saturated rings. The van der Waals surface area contributed by atoms with Gasteiger partial charge >= 0.3 is 0 Å². The van der Waals surface area contributed by atoms with E-state index in [1.54, 1.807) is 16.7 Å². The lowest BCUT2D eigenvalue weighted by Crippen LogP contribution is -1.89. The molecule has 0 aliphatic heterocycles. The van der Waals surface area contributed by atoms with Gasteiger partial charge in [0.1, 0.15) is 5.65 Å². The van der Waals surface area contributed by atoms with Gasteiger partial charge in [0.2, 0.25) is 0 Å². The van der Waals surface area contributed by atoms with E-state index in [0.717, 1.165) is 5.69 Å². The first kappa shape index (κ1) is 8.16. The number of fused-ring (bicyclic) bond motifs is 1. The monoisotopic (exact) mass is 182 g/mol. The quantitative estimate of drug-likeness (QED) is 0.662. The van der Waals surface area contributed by atoms with E-state index in [9.17, 15) is 8.78 Å². The van der Waals surface area contributed by atoms with Gasteiger partial charge in [0.15, 0.2) is 0 Å². The summed E-state index contributed by atoms with van der Waals surface area (Å²) in [7, 11) is 0. The summed E-state index contributed by atoms with van der Waals surface area (Å²) in [6, 6.07) is 2.99. The lowest BCUT2D eigenvalue weighted by molar-refractivity contribution is 0.151. The van der Waals surface area contributed by atoms with Crippen LogP contribution in [0.15, 0.2) is 24.5 Å². The van der Waals surface area contributed by atoms with Crippen molar-refractivity contribution in [1.29, 1.82) is 0 Å². The average Bonchev–Trinajstić information content (AvgIpc) is 2.42. The number of rotatable bonds is 1. The summed E-state index contributed by atoms with van der Waals surface area (Å²) in [6.45, 7) is 1.83. The molecule has 4 heteroatoms. The minimum absolute atomic E-state index is 0.0184. The van der Waals surface area contributed by atoms with Gasteiger partial charge in [-0.05, 0) is 19.1 Å². The molecule has 68 valence electrons. The van der Waals surface area contributed by atoms with Crippen molar-refractivity contribution in [2.24, 2.45) is 0 Å². The van der Waals surface area contributed by atoms with E-state index in [2.05, 4.69) is 4.98 Å². The molecule has 0 atom stereocenters. The molecule has 0 amide bonds. The Morgan fingerprint density at radius 3 is 2.77 bits per heavy atom. The Morgan fingerprint density at radius 1 is 1.31 bits per heavy atom. The fourth-order valence-electron chi connectivity index (χ4n) is 1.26. The Bertz CT molecular complexity index is 434. The van der Waals surface area contributed by atoms with Gasteiger partial charge in [-0.15, -0.1) is 0 Å². The van der Waals surface area contributed by atoms with Crippen molar-refractivity contribution in [1.82, 2.24) is 9.38 Å². The minimum atomic E-state index is -2.42. The predicted molar refractivity (Wildman–Crippen MR) is 44.9 cm³/mol. The molecule has 0 aliphatic carbocycles. The predicted octanol–water partition coefficient (Wildman–Crippen LogP) is 2.58. The maximum atomic E-state index is 12.3. The van der Waals surface area contributed by atoms with E-state index in [0.29, 0.717) is 5.65 Å². The van der Waals surface area contributed by atoms with Gasteiger partial charge in [-0.3, -0.25) is 0 Å². The third-order valence-electron chi connectivity index (χ3n) is 1.85. The molecular weight excluding hydrogens is 174 g/mol. The first-order valence-corrected chi connectivity index (χ1v) is 3.90. The van der Waals surface area contributed by atoms with Crippen molar-refractivity contribution in [2.45, 2.75) is 13.3 Å². The maximum Gasteiger partial charge on any atom is 0.265 e. The molecule has 0 N–H and O–H groups in total. The van der Waals surface area contributed by atoms with Crippen LogP contribution in [0, 0.1) is 6.92 Å². The maximum absolute atomic E-state index is 12.3. The molecule has 2 nitrogen and oxygen atoms in total. The Morgan fingerprint density at radius 2 is 2.08 bits per heavy atom. The minimum Gasteiger partial charge on any atom is -0.306 e. The number of pyridine rings is 1. The topological polar surface area (TPSA) is 17.3 Å². The highest BCUT2D eigenvalue weighted by atomic mass is 19.3. The molecule has 2 heterocycles. The molecule has 0 aliphatic rings. The number of hydrogen-bond donors (Lipinski definition) is 0. The third kappa shape index (κ3) is 1.39. The number of imidazole rings is 1. The van der Waals surface area contributed by atoms with Crippen LogP contribution in [-0.4, -0.2) is 9.38 Å². The van der Waals surface area contributed by atoms with Crippen LogP contribution < -0.4 is 0 Å². The van der Waals surface area contributed by atoms with Crippen molar-refractivity contribution in [3.63, 3.8) is 0 Å². The van der Waals surface area contributed by atoms with Gasteiger partial charge in [0, 0.05) is 18.0 Å². The smallest absolute Gasteiger partial charge is 0.265 e. The zero-order chi connectivity index (χ0) is 9.42. The number of aromatic nitrogens is 2. The van der Waals surface area contributed by atoms with Crippen LogP contribution in [-0.2, 0) is 0 Å². The Kier molecular flexibility index (Phi) is 1.76. The van der Waals surface area contributed by atoms with Crippen molar-refractivity contribution in [3.8, 4) is 0 Å². The number of alkyl halides is 2. The van der Waals surface area contributed by atoms with Crippen molar-refractivity contribution in [3.05, 3.63) is 35.8 Å². The molecular formula is C9H8F2N2. The molecule has 0 saturated heterocycles. The second kappa shape index (κ2) is 2.80. The highest BCUT2D eigenvalue weighted by Gasteiger charge is 2.07. The standard InChI is InChI=1S/C9H8F2N2/c1-6-4-13-5-7(9(10)11)2-3-8(13)12-6/h2-5,9H,1H3. The normalized spacial score (nSPS) is 11.4. The largest absolute Gasteiger partial charge is 0.306 e. The Balaban J connectivity index is 2.61. The summed E-state index contributed by atoms with van der Waals surface area (Å²) in [5.41, 5.74) is 1.54. The van der Waals surface area contributed by atoms with E-state index >= 15 is 0 Å². The molecule has 0 radical (unpaired) electrons. The van der Waals surface area contributed by atoms with Gasteiger partial charge < -0.3 is 4.40 Å². The van der Waals surface area contributed by atoms with Gasteiger partial charge in [0.25, 0.3) is 6.43 Å². The molecule has 2 rings (SSSR count). The SMILES string of the molecule is Cc1cn2cc(C(F)F)ccc2n1. The lowest BCUT2D eigenvalue weighted by atomic mass is 10.3. The molecule has 0 unspecified atom stereocenters. The fraction of sp³-hybridized carbons (Fsp3) is 0.222. The summed E-state index contributed by atoms with van der Waals surface area (Å²) < 4.78 is 26.1. The van der Waals surface area contributed by atoms with Gasteiger partial charge in [-0.25, -0.2) is 13.8 Å². The van der Waals surface area contributed by atoms with Gasteiger partial charge in [-0.1, -0.05) is 0 Å². The molecule has 2 aromatic heterocycles. The zero-order valence-electron chi connectivity index (χ0n) is 7.04. The van der Waals surface area contributed by atoms with Crippen LogP contribution in [0.5, 0.6) is 0 Å². The lowest BCUT2D eigenvalue weighted by Gasteiger charge is -1.99. The zero-order valence-corrected chi connectivity index (χ0v) is 7.04. The first-order chi connectivity index (χ1) is 6.16. The summed E-state index contributed by atoms with van der Waals surface area (Å²) in [4.78, 5) is 4.13. The Hall–Kier alpha value is -1.45. The van der Waals surface area contributed by atoms with E-state index in [4.69, 9.17) is 0 Å². The number of halogens is 2. The molecule has 0 bridgehead atoms. The summed E-state index contributed by atoms with van der Waals surface area (Å²) in [6.07, 6.45) is 0.702. The number of aryl methyl sites for hydroxylation is 1. The number of nitrogens with zero attached hydrogens (tertiary/aromatic N) is 2. The Labute approximate surface area is 73.8 Å². The molecule has 0 spiro atoms. The highest BCUT2D eigenvalue weighted by Crippen LogP contribution is 2.18. The van der Waals surface area contributed by atoms with E-state index in [-0.39, 0.29) is 5.56 Å². The second-order valence-electron chi connectivity index (χ2n) is 2.91. The van der Waals surface area contributed by atoms with Crippen molar-refractivity contribution >= 4 is 5.65 Å². The van der Waals surface area contributed by atoms with E-state index < -0.39 is 6.43 Å². The van der Waals surface area contributed by atoms with E-state index in [1.807, 2.05) is 6.92 Å². The molecule has 2 aromatic rings. The molecule has 0 aromatic carbocycles. The number of hydrogen-bond acceptors (Lipinski definition) is 1. The molecule has 13 heavy (non-hydrogen) atoms. The summed E-state index contributed by atoms with van der Waals surface area (Å²) in [5, 5.41) is 0. The van der Waals surface area contributed by atoms with Gasteiger partial charge in [-0.2, -0.15) is 0 Å². The second-order valence-corrected chi connectivity index (χ2v) is 2.91. The van der Waals surface area contributed by atoms with Crippen LogP contribution in [0.25, 0.3) is 5.65 Å². The highest BCUT2D eigenvalue weighted by molar-refractivity contribution is 5.41.